The quantitative estimate of drug-likeness (QED) is 0.927. The predicted molar refractivity (Wildman–Crippen MR) is 76.1 cm³/mol. The number of fused-ring (bicyclic) bond motifs is 1. The van der Waals surface area contributed by atoms with Crippen molar-refractivity contribution in [2.45, 2.75) is 25.3 Å². The van der Waals surface area contributed by atoms with Crippen LogP contribution in [0.25, 0.3) is 0 Å². The molecule has 1 N–H and O–H groups in total. The largest absolute Gasteiger partial charge is 0.481 e. The number of aromatic nitrogens is 3. The molecule has 2 aromatic heterocycles. The van der Waals surface area contributed by atoms with E-state index in [2.05, 4.69) is 9.97 Å². The zero-order valence-corrected chi connectivity index (χ0v) is 12.2. The molecule has 7 heteroatoms. The Morgan fingerprint density at radius 2 is 2.45 bits per heavy atom. The summed E-state index contributed by atoms with van der Waals surface area (Å²) < 4.78 is 1.97. The number of thiazole rings is 1. The van der Waals surface area contributed by atoms with Gasteiger partial charge in [-0.3, -0.25) is 4.79 Å². The Balaban J connectivity index is 1.80. The van der Waals surface area contributed by atoms with E-state index in [1.807, 2.05) is 29.8 Å². The van der Waals surface area contributed by atoms with Gasteiger partial charge in [-0.05, 0) is 12.8 Å². The van der Waals surface area contributed by atoms with Gasteiger partial charge in [0.2, 0.25) is 0 Å². The summed E-state index contributed by atoms with van der Waals surface area (Å²) >= 11 is 1.59. The maximum atomic E-state index is 11.2. The zero-order valence-electron chi connectivity index (χ0n) is 11.4. The number of anilines is 1. The first kappa shape index (κ1) is 13.1. The minimum absolute atomic E-state index is 0.434. The topological polar surface area (TPSA) is 71.2 Å². The summed E-state index contributed by atoms with van der Waals surface area (Å²) in [5, 5.41) is 10.1. The third kappa shape index (κ3) is 2.18. The van der Waals surface area contributed by atoms with Gasteiger partial charge in [-0.15, -0.1) is 11.3 Å². The fourth-order valence-corrected chi connectivity index (χ4v) is 3.54. The monoisotopic (exact) mass is 292 g/mol. The molecule has 2 heterocycles. The van der Waals surface area contributed by atoms with Crippen molar-refractivity contribution in [1.29, 1.82) is 0 Å². The number of aliphatic carboxylic acids is 1. The molecule has 0 radical (unpaired) electrons. The smallest absolute Gasteiger partial charge is 0.312 e. The second kappa shape index (κ2) is 4.90. The molecule has 3 rings (SSSR count). The SMILES string of the molecule is CN(Cc1nccn1C)c1nc2c(s1)CCC2C(=O)O. The third-order valence-corrected chi connectivity index (χ3v) is 4.88. The van der Waals surface area contributed by atoms with Gasteiger partial charge in [0.05, 0.1) is 12.2 Å². The van der Waals surface area contributed by atoms with Gasteiger partial charge in [-0.25, -0.2) is 9.97 Å². The predicted octanol–water partition coefficient (Wildman–Crippen LogP) is 1.63. The number of hydrogen-bond acceptors (Lipinski definition) is 5. The van der Waals surface area contributed by atoms with Crippen LogP contribution in [-0.4, -0.2) is 32.7 Å². The Bertz CT molecular complexity index is 649. The molecule has 0 bridgehead atoms. The van der Waals surface area contributed by atoms with E-state index in [0.717, 1.165) is 27.9 Å². The van der Waals surface area contributed by atoms with E-state index in [9.17, 15) is 9.90 Å². The van der Waals surface area contributed by atoms with Crippen molar-refractivity contribution in [3.8, 4) is 0 Å². The van der Waals surface area contributed by atoms with Gasteiger partial charge in [0, 0.05) is 31.4 Å². The average Bonchev–Trinajstić information content (AvgIpc) is 3.04. The lowest BCUT2D eigenvalue weighted by Gasteiger charge is -2.15. The van der Waals surface area contributed by atoms with Gasteiger partial charge in [0.1, 0.15) is 11.7 Å². The molecule has 6 nitrogen and oxygen atoms in total. The average molecular weight is 292 g/mol. The highest BCUT2D eigenvalue weighted by molar-refractivity contribution is 7.15. The number of aryl methyl sites for hydroxylation is 2. The molecule has 1 aliphatic rings. The Morgan fingerprint density at radius 3 is 3.10 bits per heavy atom. The van der Waals surface area contributed by atoms with E-state index in [1.54, 1.807) is 17.5 Å². The summed E-state index contributed by atoms with van der Waals surface area (Å²) in [6.45, 7) is 0.660. The van der Waals surface area contributed by atoms with Crippen LogP contribution >= 0.6 is 11.3 Å². The van der Waals surface area contributed by atoms with Gasteiger partial charge >= 0.3 is 5.97 Å². The fraction of sp³-hybridized carbons (Fsp3) is 0.462. The van der Waals surface area contributed by atoms with Crippen molar-refractivity contribution in [3.05, 3.63) is 28.8 Å². The fourth-order valence-electron chi connectivity index (χ4n) is 2.45. The van der Waals surface area contributed by atoms with Gasteiger partial charge in [0.15, 0.2) is 5.13 Å². The van der Waals surface area contributed by atoms with Crippen LogP contribution in [0.2, 0.25) is 0 Å². The summed E-state index contributed by atoms with van der Waals surface area (Å²) in [6.07, 6.45) is 5.17. The zero-order chi connectivity index (χ0) is 14.3. The number of imidazole rings is 1. The second-order valence-electron chi connectivity index (χ2n) is 5.04. The summed E-state index contributed by atoms with van der Waals surface area (Å²) in [7, 11) is 3.91. The Labute approximate surface area is 120 Å². The highest BCUT2D eigenvalue weighted by Crippen LogP contribution is 2.39. The van der Waals surface area contributed by atoms with Crippen LogP contribution in [0.5, 0.6) is 0 Å². The standard InChI is InChI=1S/C13H16N4O2S/c1-16-6-5-14-10(16)7-17(2)13-15-11-8(12(18)19)3-4-9(11)20-13/h5-6,8H,3-4,7H2,1-2H3,(H,18,19). The molecule has 0 saturated carbocycles. The molecule has 20 heavy (non-hydrogen) atoms. The van der Waals surface area contributed by atoms with E-state index in [0.29, 0.717) is 13.0 Å². The maximum absolute atomic E-state index is 11.2. The van der Waals surface area contributed by atoms with Gasteiger partial charge < -0.3 is 14.6 Å². The highest BCUT2D eigenvalue weighted by atomic mass is 32.1. The first-order valence-electron chi connectivity index (χ1n) is 6.46. The van der Waals surface area contributed by atoms with Crippen molar-refractivity contribution < 1.29 is 9.90 Å². The van der Waals surface area contributed by atoms with E-state index in [-0.39, 0.29) is 0 Å². The van der Waals surface area contributed by atoms with E-state index in [4.69, 9.17) is 0 Å². The van der Waals surface area contributed by atoms with Crippen molar-refractivity contribution in [3.63, 3.8) is 0 Å². The maximum Gasteiger partial charge on any atom is 0.312 e. The Hall–Kier alpha value is -1.89. The van der Waals surface area contributed by atoms with Crippen LogP contribution in [0.4, 0.5) is 5.13 Å². The van der Waals surface area contributed by atoms with E-state index < -0.39 is 11.9 Å². The normalized spacial score (nSPS) is 17.2. The number of carboxylic acid groups (broad SMARTS) is 1. The molecule has 1 unspecified atom stereocenters. The lowest BCUT2D eigenvalue weighted by molar-refractivity contribution is -0.138. The Morgan fingerprint density at radius 1 is 1.65 bits per heavy atom. The lowest BCUT2D eigenvalue weighted by atomic mass is 10.1. The van der Waals surface area contributed by atoms with E-state index in [1.165, 1.54) is 0 Å². The molecule has 0 aliphatic heterocycles. The van der Waals surface area contributed by atoms with Crippen LogP contribution in [-0.2, 0) is 24.8 Å². The van der Waals surface area contributed by atoms with Gasteiger partial charge in [-0.2, -0.15) is 0 Å². The first-order valence-corrected chi connectivity index (χ1v) is 7.27. The molecule has 2 aromatic rings. The molecule has 0 aromatic carbocycles. The van der Waals surface area contributed by atoms with Crippen LogP contribution in [0.1, 0.15) is 28.7 Å². The summed E-state index contributed by atoms with van der Waals surface area (Å²) in [5.74, 6) is -0.249. The summed E-state index contributed by atoms with van der Waals surface area (Å²) in [6, 6.07) is 0. The van der Waals surface area contributed by atoms with Crippen molar-refractivity contribution in [2.75, 3.05) is 11.9 Å². The molecular formula is C13H16N4O2S. The van der Waals surface area contributed by atoms with Crippen LogP contribution in [0, 0.1) is 0 Å². The van der Waals surface area contributed by atoms with Crippen molar-refractivity contribution in [2.24, 2.45) is 7.05 Å². The molecule has 0 amide bonds. The van der Waals surface area contributed by atoms with E-state index >= 15 is 0 Å². The second-order valence-corrected chi connectivity index (χ2v) is 6.11. The third-order valence-electron chi connectivity index (χ3n) is 3.63. The molecule has 106 valence electrons. The molecule has 1 atom stereocenters. The Kier molecular flexibility index (Phi) is 3.21. The summed E-state index contributed by atoms with van der Waals surface area (Å²) in [4.78, 5) is 23.1. The molecule has 1 aliphatic carbocycles. The molecule has 0 spiro atoms. The van der Waals surface area contributed by atoms with Crippen LogP contribution in [0.3, 0.4) is 0 Å². The number of carbonyl (C=O) groups is 1. The first-order chi connectivity index (χ1) is 9.56. The van der Waals surface area contributed by atoms with Crippen molar-refractivity contribution >= 4 is 22.4 Å². The highest BCUT2D eigenvalue weighted by Gasteiger charge is 2.32. The number of nitrogens with zero attached hydrogens (tertiary/aromatic N) is 4. The van der Waals surface area contributed by atoms with Gasteiger partial charge in [0.25, 0.3) is 0 Å². The van der Waals surface area contributed by atoms with Crippen LogP contribution in [0.15, 0.2) is 12.4 Å². The minimum Gasteiger partial charge on any atom is -0.481 e. The van der Waals surface area contributed by atoms with Crippen LogP contribution < -0.4 is 4.90 Å². The number of carboxylic acids is 1. The molecule has 0 fully saturated rings. The summed E-state index contributed by atoms with van der Waals surface area (Å²) in [5.41, 5.74) is 0.754. The van der Waals surface area contributed by atoms with Crippen molar-refractivity contribution in [1.82, 2.24) is 14.5 Å². The number of hydrogen-bond donors (Lipinski definition) is 1. The van der Waals surface area contributed by atoms with Gasteiger partial charge in [-0.1, -0.05) is 0 Å². The number of rotatable bonds is 4. The molecular weight excluding hydrogens is 276 g/mol. The lowest BCUT2D eigenvalue weighted by Crippen LogP contribution is -2.19. The minimum atomic E-state index is -0.771. The molecule has 0 saturated heterocycles.